The van der Waals surface area contributed by atoms with Gasteiger partial charge in [0.2, 0.25) is 0 Å². The van der Waals surface area contributed by atoms with Crippen LogP contribution in [0.2, 0.25) is 5.02 Å². The van der Waals surface area contributed by atoms with Crippen LogP contribution in [0, 0.1) is 0 Å². The normalized spacial score (nSPS) is 18.4. The summed E-state index contributed by atoms with van der Waals surface area (Å²) in [5.74, 6) is -0.234. The number of nitrogens with zero attached hydrogens (tertiary/aromatic N) is 2. The van der Waals surface area contributed by atoms with E-state index in [9.17, 15) is 9.59 Å². The molecule has 1 saturated heterocycles. The molecule has 8 nitrogen and oxygen atoms in total. The molecule has 0 bridgehead atoms. The van der Waals surface area contributed by atoms with Crippen molar-refractivity contribution in [2.75, 3.05) is 24.5 Å². The Morgan fingerprint density at radius 1 is 1.62 bits per heavy atom. The molecule has 1 aliphatic rings. The molecule has 1 atom stereocenters. The van der Waals surface area contributed by atoms with E-state index in [1.165, 1.54) is 6.20 Å². The van der Waals surface area contributed by atoms with E-state index in [1.807, 2.05) is 0 Å². The lowest BCUT2D eigenvalue weighted by molar-refractivity contribution is -0.139. The first-order valence-corrected chi connectivity index (χ1v) is 6.63. The van der Waals surface area contributed by atoms with Gasteiger partial charge < -0.3 is 25.8 Å². The third kappa shape index (κ3) is 3.81. The number of carbonyl (C=O) groups excluding carboxylic acids is 2. The van der Waals surface area contributed by atoms with Crippen LogP contribution in [-0.4, -0.2) is 47.8 Å². The SMILES string of the molecule is NC(=O)OC(=O)C1CN(c2ncc(CO)cc2Cl)CCN1. The van der Waals surface area contributed by atoms with Gasteiger partial charge in [-0.1, -0.05) is 11.6 Å². The Labute approximate surface area is 125 Å². The fourth-order valence-corrected chi connectivity index (χ4v) is 2.37. The monoisotopic (exact) mass is 314 g/mol. The van der Waals surface area contributed by atoms with Crippen LogP contribution < -0.4 is 16.0 Å². The third-order valence-corrected chi connectivity index (χ3v) is 3.30. The van der Waals surface area contributed by atoms with Crippen LogP contribution in [0.15, 0.2) is 12.3 Å². The lowest BCUT2D eigenvalue weighted by atomic mass is 10.2. The first kappa shape index (κ1) is 15.5. The lowest BCUT2D eigenvalue weighted by Crippen LogP contribution is -2.55. The second-order valence-electron chi connectivity index (χ2n) is 4.50. The van der Waals surface area contributed by atoms with E-state index < -0.39 is 18.1 Å². The molecule has 1 aromatic rings. The summed E-state index contributed by atoms with van der Waals surface area (Å²) in [5.41, 5.74) is 5.42. The fourth-order valence-electron chi connectivity index (χ4n) is 2.06. The Morgan fingerprint density at radius 2 is 2.38 bits per heavy atom. The molecule has 1 aliphatic heterocycles. The number of pyridine rings is 1. The van der Waals surface area contributed by atoms with E-state index in [2.05, 4.69) is 15.0 Å². The number of nitrogens with one attached hydrogen (secondary N) is 1. The summed E-state index contributed by atoms with van der Waals surface area (Å²) >= 11 is 6.13. The zero-order valence-electron chi connectivity index (χ0n) is 11.1. The number of carbonyl (C=O) groups is 2. The van der Waals surface area contributed by atoms with E-state index in [-0.39, 0.29) is 13.2 Å². The molecule has 0 spiro atoms. The first-order valence-electron chi connectivity index (χ1n) is 6.26. The van der Waals surface area contributed by atoms with Crippen LogP contribution >= 0.6 is 11.6 Å². The van der Waals surface area contributed by atoms with E-state index in [0.717, 1.165) is 0 Å². The zero-order chi connectivity index (χ0) is 15.4. The Hall–Kier alpha value is -1.90. The lowest BCUT2D eigenvalue weighted by Gasteiger charge is -2.33. The Bertz CT molecular complexity index is 554. The summed E-state index contributed by atoms with van der Waals surface area (Å²) in [4.78, 5) is 28.3. The third-order valence-electron chi connectivity index (χ3n) is 3.02. The number of hydrogen-bond donors (Lipinski definition) is 3. The van der Waals surface area contributed by atoms with E-state index in [1.54, 1.807) is 11.0 Å². The van der Waals surface area contributed by atoms with Gasteiger partial charge in [-0.3, -0.25) is 0 Å². The van der Waals surface area contributed by atoms with Gasteiger partial charge in [-0.25, -0.2) is 14.6 Å². The molecule has 0 saturated carbocycles. The molecule has 1 amide bonds. The number of amides is 1. The second kappa shape index (κ2) is 6.70. The Kier molecular flexibility index (Phi) is 4.94. The largest absolute Gasteiger partial charge is 0.412 e. The summed E-state index contributed by atoms with van der Waals surface area (Å²) < 4.78 is 4.36. The molecule has 9 heteroatoms. The molecule has 0 aromatic carbocycles. The molecule has 1 unspecified atom stereocenters. The van der Waals surface area contributed by atoms with Crippen LogP contribution in [-0.2, 0) is 16.1 Å². The fraction of sp³-hybridized carbons (Fsp3) is 0.417. The van der Waals surface area contributed by atoms with Crippen LogP contribution in [0.25, 0.3) is 0 Å². The van der Waals surface area contributed by atoms with Crippen LogP contribution in [0.3, 0.4) is 0 Å². The van der Waals surface area contributed by atoms with Gasteiger partial charge in [-0.2, -0.15) is 0 Å². The van der Waals surface area contributed by atoms with Crippen molar-refractivity contribution in [2.45, 2.75) is 12.6 Å². The van der Waals surface area contributed by atoms with Crippen LogP contribution in [0.1, 0.15) is 5.56 Å². The summed E-state index contributed by atoms with van der Waals surface area (Å²) in [6.45, 7) is 1.18. The highest BCUT2D eigenvalue weighted by atomic mass is 35.5. The molecule has 21 heavy (non-hydrogen) atoms. The minimum absolute atomic E-state index is 0.151. The summed E-state index contributed by atoms with van der Waals surface area (Å²) in [5, 5.41) is 12.3. The molecule has 2 heterocycles. The van der Waals surface area contributed by atoms with Gasteiger partial charge in [-0.15, -0.1) is 0 Å². The highest BCUT2D eigenvalue weighted by molar-refractivity contribution is 6.33. The predicted molar refractivity (Wildman–Crippen MR) is 74.8 cm³/mol. The van der Waals surface area contributed by atoms with Crippen molar-refractivity contribution in [3.05, 3.63) is 22.8 Å². The van der Waals surface area contributed by atoms with Gasteiger partial charge in [-0.05, 0) is 11.6 Å². The van der Waals surface area contributed by atoms with Crippen molar-refractivity contribution in [1.29, 1.82) is 0 Å². The van der Waals surface area contributed by atoms with Gasteiger partial charge in [0.1, 0.15) is 11.9 Å². The van der Waals surface area contributed by atoms with E-state index in [4.69, 9.17) is 22.4 Å². The molecule has 1 aromatic heterocycles. The Balaban J connectivity index is 2.10. The average molecular weight is 315 g/mol. The maximum absolute atomic E-state index is 11.7. The second-order valence-corrected chi connectivity index (χ2v) is 4.91. The summed E-state index contributed by atoms with van der Waals surface area (Å²) in [7, 11) is 0. The smallest absolute Gasteiger partial charge is 0.392 e. The minimum atomic E-state index is -1.14. The zero-order valence-corrected chi connectivity index (χ0v) is 11.8. The molecule has 0 radical (unpaired) electrons. The Morgan fingerprint density at radius 3 is 3.00 bits per heavy atom. The average Bonchev–Trinajstić information content (AvgIpc) is 2.46. The summed E-state index contributed by atoms with van der Waals surface area (Å²) in [6.07, 6.45) is 0.377. The maximum Gasteiger partial charge on any atom is 0.412 e. The van der Waals surface area contributed by atoms with Crippen molar-refractivity contribution in [1.82, 2.24) is 10.3 Å². The topological polar surface area (TPSA) is 118 Å². The van der Waals surface area contributed by atoms with Crippen LogP contribution in [0.4, 0.5) is 10.6 Å². The van der Waals surface area contributed by atoms with Crippen LogP contribution in [0.5, 0.6) is 0 Å². The predicted octanol–water partition coefficient (Wildman–Crippen LogP) is -0.373. The number of halogens is 1. The number of aliphatic hydroxyl groups excluding tert-OH is 1. The number of aromatic nitrogens is 1. The number of nitrogens with two attached hydrogens (primary N) is 1. The molecule has 2 rings (SSSR count). The van der Waals surface area contributed by atoms with E-state index in [0.29, 0.717) is 29.5 Å². The quantitative estimate of drug-likeness (QED) is 0.514. The number of esters is 1. The standard InChI is InChI=1S/C12H15ClN4O4/c13-8-3-7(6-18)4-16-10(8)17-2-1-15-9(5-17)11(19)21-12(14)20/h3-4,9,15,18H,1-2,5-6H2,(H2,14,20). The molecule has 114 valence electrons. The van der Waals surface area contributed by atoms with Gasteiger partial charge >= 0.3 is 12.1 Å². The maximum atomic E-state index is 11.7. The minimum Gasteiger partial charge on any atom is -0.392 e. The first-order chi connectivity index (χ1) is 10.0. The van der Waals surface area contributed by atoms with Gasteiger partial charge in [0.15, 0.2) is 0 Å². The highest BCUT2D eigenvalue weighted by Crippen LogP contribution is 2.25. The van der Waals surface area contributed by atoms with Crippen molar-refractivity contribution >= 4 is 29.5 Å². The number of rotatable bonds is 3. The number of ether oxygens (including phenoxy) is 1. The summed E-state index contributed by atoms with van der Waals surface area (Å²) in [6, 6.07) is 0.921. The molecule has 1 fully saturated rings. The van der Waals surface area contributed by atoms with Crippen molar-refractivity contribution in [2.24, 2.45) is 5.73 Å². The van der Waals surface area contributed by atoms with Gasteiger partial charge in [0.25, 0.3) is 0 Å². The number of piperazine rings is 1. The van der Waals surface area contributed by atoms with Gasteiger partial charge in [0.05, 0.1) is 11.6 Å². The highest BCUT2D eigenvalue weighted by Gasteiger charge is 2.29. The number of primary amides is 1. The number of anilines is 1. The molecular weight excluding hydrogens is 300 g/mol. The number of hydrogen-bond acceptors (Lipinski definition) is 7. The molecule has 4 N–H and O–H groups in total. The van der Waals surface area contributed by atoms with Gasteiger partial charge in [0, 0.05) is 25.8 Å². The molecule has 0 aliphatic carbocycles. The van der Waals surface area contributed by atoms with Crippen molar-refractivity contribution in [3.8, 4) is 0 Å². The number of aliphatic hydroxyl groups is 1. The molecular formula is C12H15ClN4O4. The van der Waals surface area contributed by atoms with Crippen molar-refractivity contribution in [3.63, 3.8) is 0 Å². The van der Waals surface area contributed by atoms with Crippen molar-refractivity contribution < 1.29 is 19.4 Å². The van der Waals surface area contributed by atoms with E-state index >= 15 is 0 Å².